The van der Waals surface area contributed by atoms with Crippen molar-refractivity contribution in [3.63, 3.8) is 0 Å². The Bertz CT molecular complexity index is 653. The standard InChI is InChI=1S/C24H32O4/c1(2-8-17-26-24-15-6-9-18-27-24)7-16-25-22-13-10-14-23(19-22)28-20-21-11-4-3-5-12-21/h3-5,10-14,19,24H,1-2,6-9,15-18,20H2. The fourth-order valence-corrected chi connectivity index (χ4v) is 3.20. The van der Waals surface area contributed by atoms with Crippen molar-refractivity contribution < 1.29 is 18.9 Å². The van der Waals surface area contributed by atoms with Crippen molar-refractivity contribution in [1.82, 2.24) is 0 Å². The highest BCUT2D eigenvalue weighted by atomic mass is 16.7. The van der Waals surface area contributed by atoms with Crippen LogP contribution < -0.4 is 9.47 Å². The Morgan fingerprint density at radius 2 is 1.57 bits per heavy atom. The highest BCUT2D eigenvalue weighted by molar-refractivity contribution is 5.33. The molecule has 0 saturated carbocycles. The largest absolute Gasteiger partial charge is 0.493 e. The van der Waals surface area contributed by atoms with Gasteiger partial charge in [0.1, 0.15) is 18.1 Å². The van der Waals surface area contributed by atoms with E-state index < -0.39 is 0 Å². The second kappa shape index (κ2) is 12.4. The number of unbranched alkanes of at least 4 members (excludes halogenated alkanes) is 3. The zero-order valence-corrected chi connectivity index (χ0v) is 16.7. The van der Waals surface area contributed by atoms with Crippen molar-refractivity contribution >= 4 is 0 Å². The summed E-state index contributed by atoms with van der Waals surface area (Å²) in [5.74, 6) is 1.70. The second-order valence-corrected chi connectivity index (χ2v) is 7.18. The molecule has 1 unspecified atom stereocenters. The van der Waals surface area contributed by atoms with E-state index in [1.54, 1.807) is 0 Å². The lowest BCUT2D eigenvalue weighted by atomic mass is 10.2. The molecule has 1 aliphatic heterocycles. The van der Waals surface area contributed by atoms with E-state index >= 15 is 0 Å². The topological polar surface area (TPSA) is 36.9 Å². The van der Waals surface area contributed by atoms with Gasteiger partial charge in [0.15, 0.2) is 6.29 Å². The molecule has 0 aromatic heterocycles. The van der Waals surface area contributed by atoms with Gasteiger partial charge in [-0.1, -0.05) is 42.8 Å². The van der Waals surface area contributed by atoms with Crippen molar-refractivity contribution in [3.05, 3.63) is 60.2 Å². The number of rotatable bonds is 12. The summed E-state index contributed by atoms with van der Waals surface area (Å²) < 4.78 is 23.1. The van der Waals surface area contributed by atoms with Gasteiger partial charge in [0.2, 0.25) is 0 Å². The average molecular weight is 385 g/mol. The van der Waals surface area contributed by atoms with Crippen LogP contribution >= 0.6 is 0 Å². The Morgan fingerprint density at radius 3 is 2.36 bits per heavy atom. The molecule has 152 valence electrons. The summed E-state index contributed by atoms with van der Waals surface area (Å²) in [7, 11) is 0. The molecular formula is C24H32O4. The van der Waals surface area contributed by atoms with Gasteiger partial charge in [-0.25, -0.2) is 0 Å². The van der Waals surface area contributed by atoms with Crippen molar-refractivity contribution in [3.8, 4) is 11.5 Å². The van der Waals surface area contributed by atoms with Crippen LogP contribution in [0, 0.1) is 0 Å². The van der Waals surface area contributed by atoms with E-state index in [2.05, 4.69) is 12.1 Å². The van der Waals surface area contributed by atoms with E-state index in [4.69, 9.17) is 18.9 Å². The minimum Gasteiger partial charge on any atom is -0.493 e. The van der Waals surface area contributed by atoms with E-state index in [-0.39, 0.29) is 6.29 Å². The van der Waals surface area contributed by atoms with Crippen LogP contribution in [0.3, 0.4) is 0 Å². The SMILES string of the molecule is c1ccc(COc2cccc(OCCCCCCOC3CCCCO3)c2)cc1. The van der Waals surface area contributed by atoms with E-state index in [9.17, 15) is 0 Å². The highest BCUT2D eigenvalue weighted by Gasteiger charge is 2.13. The van der Waals surface area contributed by atoms with Gasteiger partial charge in [-0.05, 0) is 56.2 Å². The van der Waals surface area contributed by atoms with Gasteiger partial charge >= 0.3 is 0 Å². The van der Waals surface area contributed by atoms with Gasteiger partial charge in [0.05, 0.1) is 6.61 Å². The summed E-state index contributed by atoms with van der Waals surface area (Å²) in [6, 6.07) is 18.1. The zero-order chi connectivity index (χ0) is 19.3. The number of ether oxygens (including phenoxy) is 4. The molecule has 4 heteroatoms. The lowest BCUT2D eigenvalue weighted by Gasteiger charge is -2.22. The van der Waals surface area contributed by atoms with Gasteiger partial charge in [-0.3, -0.25) is 0 Å². The number of benzene rings is 2. The Hall–Kier alpha value is -2.04. The first-order chi connectivity index (χ1) is 13.9. The van der Waals surface area contributed by atoms with Crippen molar-refractivity contribution in [2.75, 3.05) is 19.8 Å². The minimum absolute atomic E-state index is 0.0356. The minimum atomic E-state index is 0.0356. The molecule has 2 aromatic rings. The lowest BCUT2D eigenvalue weighted by molar-refractivity contribution is -0.162. The van der Waals surface area contributed by atoms with Crippen LogP contribution in [0.1, 0.15) is 50.5 Å². The van der Waals surface area contributed by atoms with Crippen LogP contribution in [0.5, 0.6) is 11.5 Å². The molecule has 28 heavy (non-hydrogen) atoms. The molecule has 0 radical (unpaired) electrons. The number of hydrogen-bond donors (Lipinski definition) is 0. The maximum absolute atomic E-state index is 5.87. The fourth-order valence-electron chi connectivity index (χ4n) is 3.20. The molecule has 1 saturated heterocycles. The molecule has 1 fully saturated rings. The van der Waals surface area contributed by atoms with Crippen LogP contribution in [0.25, 0.3) is 0 Å². The quantitative estimate of drug-likeness (QED) is 0.437. The van der Waals surface area contributed by atoms with E-state index in [0.29, 0.717) is 6.61 Å². The molecule has 1 aliphatic rings. The Labute approximate surface area is 168 Å². The lowest BCUT2D eigenvalue weighted by Crippen LogP contribution is -2.22. The van der Waals surface area contributed by atoms with Crippen LogP contribution in [0.15, 0.2) is 54.6 Å². The molecule has 1 atom stereocenters. The third kappa shape index (κ3) is 7.91. The maximum Gasteiger partial charge on any atom is 0.157 e. The van der Waals surface area contributed by atoms with Crippen LogP contribution in [0.4, 0.5) is 0 Å². The summed E-state index contributed by atoms with van der Waals surface area (Å²) in [5, 5.41) is 0. The predicted octanol–water partition coefficient (Wildman–Crippen LogP) is 5.75. The molecule has 0 bridgehead atoms. The van der Waals surface area contributed by atoms with E-state index in [1.807, 2.05) is 42.5 Å². The Balaban J connectivity index is 1.23. The third-order valence-electron chi connectivity index (χ3n) is 4.80. The van der Waals surface area contributed by atoms with E-state index in [0.717, 1.165) is 69.0 Å². The summed E-state index contributed by atoms with van der Waals surface area (Å²) in [6.07, 6.45) is 7.92. The van der Waals surface area contributed by atoms with Gasteiger partial charge in [-0.15, -0.1) is 0 Å². The Kier molecular flexibility index (Phi) is 9.18. The number of hydrogen-bond acceptors (Lipinski definition) is 4. The zero-order valence-electron chi connectivity index (χ0n) is 16.7. The molecule has 0 spiro atoms. The maximum atomic E-state index is 5.87. The van der Waals surface area contributed by atoms with Crippen molar-refractivity contribution in [2.24, 2.45) is 0 Å². The fraction of sp³-hybridized carbons (Fsp3) is 0.500. The van der Waals surface area contributed by atoms with E-state index in [1.165, 1.54) is 12.8 Å². The van der Waals surface area contributed by atoms with Gasteiger partial charge in [-0.2, -0.15) is 0 Å². The molecule has 4 nitrogen and oxygen atoms in total. The van der Waals surface area contributed by atoms with Crippen LogP contribution in [-0.2, 0) is 16.1 Å². The predicted molar refractivity (Wildman–Crippen MR) is 111 cm³/mol. The second-order valence-electron chi connectivity index (χ2n) is 7.18. The first-order valence-electron chi connectivity index (χ1n) is 10.5. The molecule has 3 rings (SSSR count). The molecule has 0 aliphatic carbocycles. The monoisotopic (exact) mass is 384 g/mol. The summed E-state index contributed by atoms with van der Waals surface area (Å²) >= 11 is 0. The highest BCUT2D eigenvalue weighted by Crippen LogP contribution is 2.21. The molecule has 1 heterocycles. The molecule has 0 N–H and O–H groups in total. The van der Waals surface area contributed by atoms with Crippen LogP contribution in [0.2, 0.25) is 0 Å². The third-order valence-corrected chi connectivity index (χ3v) is 4.80. The molecule has 0 amide bonds. The molecule has 2 aromatic carbocycles. The summed E-state index contributed by atoms with van der Waals surface area (Å²) in [6.45, 7) is 2.94. The van der Waals surface area contributed by atoms with Gasteiger partial charge in [0, 0.05) is 19.3 Å². The first kappa shape index (κ1) is 20.7. The van der Waals surface area contributed by atoms with Crippen molar-refractivity contribution in [2.45, 2.75) is 57.8 Å². The first-order valence-corrected chi connectivity index (χ1v) is 10.5. The molecular weight excluding hydrogens is 352 g/mol. The van der Waals surface area contributed by atoms with Crippen LogP contribution in [-0.4, -0.2) is 26.1 Å². The smallest absolute Gasteiger partial charge is 0.157 e. The average Bonchev–Trinajstić information content (AvgIpc) is 2.76. The van der Waals surface area contributed by atoms with Gasteiger partial charge in [0.25, 0.3) is 0 Å². The Morgan fingerprint density at radius 1 is 0.786 bits per heavy atom. The summed E-state index contributed by atoms with van der Waals surface area (Å²) in [4.78, 5) is 0. The van der Waals surface area contributed by atoms with Gasteiger partial charge < -0.3 is 18.9 Å². The summed E-state index contributed by atoms with van der Waals surface area (Å²) in [5.41, 5.74) is 1.16. The van der Waals surface area contributed by atoms with Crippen molar-refractivity contribution in [1.29, 1.82) is 0 Å². The normalized spacial score (nSPS) is 16.6.